The Balaban J connectivity index is 1.74. The molecular formula is C24H25N3O4S. The van der Waals surface area contributed by atoms with Gasteiger partial charge < -0.3 is 10.6 Å². The zero-order chi connectivity index (χ0) is 23.3. The van der Waals surface area contributed by atoms with Crippen molar-refractivity contribution in [3.63, 3.8) is 0 Å². The molecule has 0 heterocycles. The van der Waals surface area contributed by atoms with Gasteiger partial charge in [-0.3, -0.25) is 13.9 Å². The summed E-state index contributed by atoms with van der Waals surface area (Å²) in [6, 6.07) is 22.3. The fourth-order valence-corrected chi connectivity index (χ4v) is 3.60. The van der Waals surface area contributed by atoms with Gasteiger partial charge in [-0.05, 0) is 48.9 Å². The number of hydrogen-bond acceptors (Lipinski definition) is 4. The van der Waals surface area contributed by atoms with Crippen molar-refractivity contribution in [1.29, 1.82) is 0 Å². The van der Waals surface area contributed by atoms with Crippen molar-refractivity contribution in [2.24, 2.45) is 0 Å². The van der Waals surface area contributed by atoms with Crippen LogP contribution in [-0.2, 0) is 10.0 Å². The van der Waals surface area contributed by atoms with Crippen molar-refractivity contribution in [2.75, 3.05) is 22.9 Å². The van der Waals surface area contributed by atoms with Crippen LogP contribution in [0.15, 0.2) is 78.9 Å². The summed E-state index contributed by atoms with van der Waals surface area (Å²) in [5, 5.41) is 5.72. The van der Waals surface area contributed by atoms with Crippen LogP contribution in [0.25, 0.3) is 0 Å². The lowest BCUT2D eigenvalue weighted by Gasteiger charge is -2.17. The summed E-state index contributed by atoms with van der Waals surface area (Å²) in [4.78, 5) is 25.6. The normalized spacial score (nSPS) is 12.0. The van der Waals surface area contributed by atoms with E-state index in [9.17, 15) is 18.0 Å². The first-order valence-corrected chi connectivity index (χ1v) is 11.8. The first-order chi connectivity index (χ1) is 15.2. The Morgan fingerprint density at radius 1 is 0.844 bits per heavy atom. The van der Waals surface area contributed by atoms with Crippen molar-refractivity contribution in [2.45, 2.75) is 13.0 Å². The highest BCUT2D eigenvalue weighted by Crippen LogP contribution is 2.20. The van der Waals surface area contributed by atoms with E-state index in [1.807, 2.05) is 37.3 Å². The predicted molar refractivity (Wildman–Crippen MR) is 126 cm³/mol. The minimum Gasteiger partial charge on any atom is -0.345 e. The number of carbonyl (C=O) groups excluding carboxylic acids is 2. The smallest absolute Gasteiger partial charge is 0.255 e. The average molecular weight is 452 g/mol. The molecular weight excluding hydrogens is 426 g/mol. The number of hydrogen-bond donors (Lipinski definition) is 2. The average Bonchev–Trinajstić information content (AvgIpc) is 2.79. The molecule has 2 amide bonds. The van der Waals surface area contributed by atoms with E-state index in [1.165, 1.54) is 19.2 Å². The Labute approximate surface area is 188 Å². The van der Waals surface area contributed by atoms with E-state index in [4.69, 9.17) is 0 Å². The molecule has 0 fully saturated rings. The fourth-order valence-electron chi connectivity index (χ4n) is 3.10. The molecule has 0 saturated heterocycles. The van der Waals surface area contributed by atoms with Crippen LogP contribution in [0.5, 0.6) is 0 Å². The SMILES string of the molecule is C[C@H](NC(=O)c1ccccc1NC(=O)c1ccc(N(C)S(C)(=O)=O)cc1)c1ccccc1. The van der Waals surface area contributed by atoms with E-state index in [1.54, 1.807) is 36.4 Å². The van der Waals surface area contributed by atoms with Crippen molar-refractivity contribution in [3.05, 3.63) is 95.6 Å². The molecule has 3 rings (SSSR count). The summed E-state index contributed by atoms with van der Waals surface area (Å²) in [6.07, 6.45) is 1.11. The Kier molecular flexibility index (Phi) is 6.95. The van der Waals surface area contributed by atoms with Gasteiger partial charge in [0.1, 0.15) is 0 Å². The van der Waals surface area contributed by atoms with Crippen LogP contribution in [-0.4, -0.2) is 33.5 Å². The van der Waals surface area contributed by atoms with E-state index in [2.05, 4.69) is 10.6 Å². The second-order valence-electron chi connectivity index (χ2n) is 7.38. The minimum absolute atomic E-state index is 0.202. The van der Waals surface area contributed by atoms with E-state index >= 15 is 0 Å². The lowest BCUT2D eigenvalue weighted by atomic mass is 10.1. The summed E-state index contributed by atoms with van der Waals surface area (Å²) < 4.78 is 24.5. The lowest BCUT2D eigenvalue weighted by molar-refractivity contribution is 0.0940. The van der Waals surface area contributed by atoms with Gasteiger partial charge in [0.05, 0.1) is 29.2 Å². The van der Waals surface area contributed by atoms with Gasteiger partial charge in [0.25, 0.3) is 11.8 Å². The van der Waals surface area contributed by atoms with Gasteiger partial charge in [0.15, 0.2) is 0 Å². The minimum atomic E-state index is -3.39. The molecule has 0 aromatic heterocycles. The summed E-state index contributed by atoms with van der Waals surface area (Å²) in [7, 11) is -1.95. The molecule has 7 nitrogen and oxygen atoms in total. The van der Waals surface area contributed by atoms with Crippen LogP contribution in [0.4, 0.5) is 11.4 Å². The second kappa shape index (κ2) is 9.65. The quantitative estimate of drug-likeness (QED) is 0.571. The monoisotopic (exact) mass is 451 g/mol. The number of nitrogens with zero attached hydrogens (tertiary/aromatic N) is 1. The molecule has 0 aliphatic carbocycles. The molecule has 0 bridgehead atoms. The molecule has 32 heavy (non-hydrogen) atoms. The standard InChI is InChI=1S/C24H25N3O4S/c1-17(18-9-5-4-6-10-18)25-24(29)21-11-7-8-12-22(21)26-23(28)19-13-15-20(16-14-19)27(2)32(3,30)31/h4-17H,1-3H3,(H,25,29)(H,26,28)/t17-/m0/s1. The molecule has 0 spiro atoms. The summed E-state index contributed by atoms with van der Waals surface area (Å²) >= 11 is 0. The number of para-hydroxylation sites is 1. The van der Waals surface area contributed by atoms with Gasteiger partial charge in [-0.2, -0.15) is 0 Å². The van der Waals surface area contributed by atoms with E-state index in [-0.39, 0.29) is 11.9 Å². The van der Waals surface area contributed by atoms with Gasteiger partial charge in [-0.15, -0.1) is 0 Å². The highest BCUT2D eigenvalue weighted by Gasteiger charge is 2.17. The Bertz CT molecular complexity index is 1210. The first-order valence-electron chi connectivity index (χ1n) is 9.97. The van der Waals surface area contributed by atoms with Gasteiger partial charge in [-0.25, -0.2) is 8.42 Å². The number of anilines is 2. The van der Waals surface area contributed by atoms with Crippen LogP contribution in [0, 0.1) is 0 Å². The van der Waals surface area contributed by atoms with Crippen LogP contribution in [0.2, 0.25) is 0 Å². The number of nitrogens with one attached hydrogen (secondary N) is 2. The topological polar surface area (TPSA) is 95.6 Å². The van der Waals surface area contributed by atoms with Crippen molar-refractivity contribution < 1.29 is 18.0 Å². The van der Waals surface area contributed by atoms with Crippen LogP contribution in [0.3, 0.4) is 0 Å². The number of sulfonamides is 1. The zero-order valence-electron chi connectivity index (χ0n) is 18.1. The van der Waals surface area contributed by atoms with Crippen LogP contribution in [0.1, 0.15) is 39.2 Å². The Hall–Kier alpha value is -3.65. The number of benzene rings is 3. The van der Waals surface area contributed by atoms with Crippen molar-refractivity contribution in [1.82, 2.24) is 5.32 Å². The Morgan fingerprint density at radius 3 is 2.06 bits per heavy atom. The highest BCUT2D eigenvalue weighted by molar-refractivity contribution is 7.92. The van der Waals surface area contributed by atoms with Gasteiger partial charge in [-0.1, -0.05) is 42.5 Å². The molecule has 8 heteroatoms. The molecule has 3 aromatic carbocycles. The molecule has 1 atom stereocenters. The largest absolute Gasteiger partial charge is 0.345 e. The van der Waals surface area contributed by atoms with Gasteiger partial charge >= 0.3 is 0 Å². The number of carbonyl (C=O) groups is 2. The van der Waals surface area contributed by atoms with Gasteiger partial charge in [0, 0.05) is 12.6 Å². The van der Waals surface area contributed by atoms with E-state index in [0.29, 0.717) is 22.5 Å². The maximum atomic E-state index is 12.9. The van der Waals surface area contributed by atoms with Crippen LogP contribution < -0.4 is 14.9 Å². The van der Waals surface area contributed by atoms with E-state index in [0.717, 1.165) is 16.1 Å². The molecule has 0 aliphatic heterocycles. The van der Waals surface area contributed by atoms with Crippen LogP contribution >= 0.6 is 0 Å². The number of amides is 2. The summed E-state index contributed by atoms with van der Waals surface area (Å²) in [5.74, 6) is -0.711. The van der Waals surface area contributed by atoms with E-state index < -0.39 is 15.9 Å². The summed E-state index contributed by atoms with van der Waals surface area (Å²) in [6.45, 7) is 1.89. The number of rotatable bonds is 7. The summed E-state index contributed by atoms with van der Waals surface area (Å²) in [5.41, 5.74) is 2.48. The maximum absolute atomic E-state index is 12.9. The highest BCUT2D eigenvalue weighted by atomic mass is 32.2. The van der Waals surface area contributed by atoms with Gasteiger partial charge in [0.2, 0.25) is 10.0 Å². The molecule has 3 aromatic rings. The molecule has 0 unspecified atom stereocenters. The molecule has 2 N–H and O–H groups in total. The maximum Gasteiger partial charge on any atom is 0.255 e. The fraction of sp³-hybridized carbons (Fsp3) is 0.167. The zero-order valence-corrected chi connectivity index (χ0v) is 18.9. The second-order valence-corrected chi connectivity index (χ2v) is 9.40. The Morgan fingerprint density at radius 2 is 1.44 bits per heavy atom. The third kappa shape index (κ3) is 5.53. The molecule has 0 aliphatic rings. The molecule has 0 saturated carbocycles. The predicted octanol–water partition coefficient (Wildman–Crippen LogP) is 3.83. The molecule has 166 valence electrons. The molecule has 0 radical (unpaired) electrons. The third-order valence-electron chi connectivity index (χ3n) is 5.06. The third-order valence-corrected chi connectivity index (χ3v) is 6.26. The van der Waals surface area contributed by atoms with Crippen molar-refractivity contribution >= 4 is 33.2 Å². The first kappa shape index (κ1) is 23.0. The lowest BCUT2D eigenvalue weighted by Crippen LogP contribution is -2.28. The van der Waals surface area contributed by atoms with Crippen molar-refractivity contribution in [3.8, 4) is 0 Å².